The van der Waals surface area contributed by atoms with Gasteiger partial charge in [0.15, 0.2) is 9.84 Å². The fraction of sp³-hybridized carbons (Fsp3) is 0.417. The first kappa shape index (κ1) is 13.7. The molecule has 0 bridgehead atoms. The standard InChI is InChI=1S/C12H15NO3S/c1-16-9-10-17(14,15)12(7-8-13)11-5-3-2-4-6-11/h2-6,12H,7,9-10H2,1H3. The summed E-state index contributed by atoms with van der Waals surface area (Å²) in [5.41, 5.74) is 0.658. The molecule has 0 heterocycles. The summed E-state index contributed by atoms with van der Waals surface area (Å²) in [5, 5.41) is 7.98. The highest BCUT2D eigenvalue weighted by molar-refractivity contribution is 7.91. The van der Waals surface area contributed by atoms with Crippen molar-refractivity contribution in [1.82, 2.24) is 0 Å². The monoisotopic (exact) mass is 253 g/mol. The summed E-state index contributed by atoms with van der Waals surface area (Å²) in [6.07, 6.45) is -0.0317. The summed E-state index contributed by atoms with van der Waals surface area (Å²) in [6, 6.07) is 10.7. The predicted molar refractivity (Wildman–Crippen MR) is 65.1 cm³/mol. The summed E-state index contributed by atoms with van der Waals surface area (Å²) in [4.78, 5) is 0. The summed E-state index contributed by atoms with van der Waals surface area (Å²) < 4.78 is 28.9. The highest BCUT2D eigenvalue weighted by Gasteiger charge is 2.26. The SMILES string of the molecule is COCCS(=O)(=O)C(CC#N)c1ccccc1. The van der Waals surface area contributed by atoms with Crippen molar-refractivity contribution in [2.45, 2.75) is 11.7 Å². The molecule has 1 rings (SSSR count). The molecule has 1 unspecified atom stereocenters. The van der Waals surface area contributed by atoms with Gasteiger partial charge in [0.1, 0.15) is 0 Å². The van der Waals surface area contributed by atoms with Crippen molar-refractivity contribution < 1.29 is 13.2 Å². The molecular formula is C12H15NO3S. The quantitative estimate of drug-likeness (QED) is 0.774. The number of nitriles is 1. The van der Waals surface area contributed by atoms with Gasteiger partial charge < -0.3 is 4.74 Å². The van der Waals surface area contributed by atoms with Crippen molar-refractivity contribution in [2.24, 2.45) is 0 Å². The van der Waals surface area contributed by atoms with Crippen LogP contribution in [0.2, 0.25) is 0 Å². The van der Waals surface area contributed by atoms with Crippen molar-refractivity contribution in [3.05, 3.63) is 35.9 Å². The molecule has 0 aliphatic heterocycles. The van der Waals surface area contributed by atoms with Crippen LogP contribution in [0.5, 0.6) is 0 Å². The second-order valence-corrected chi connectivity index (χ2v) is 5.92. The molecule has 4 nitrogen and oxygen atoms in total. The van der Waals surface area contributed by atoms with Gasteiger partial charge in [-0.2, -0.15) is 5.26 Å². The van der Waals surface area contributed by atoms with E-state index in [1.165, 1.54) is 7.11 Å². The normalized spacial score (nSPS) is 12.9. The number of rotatable bonds is 6. The summed E-state index contributed by atoms with van der Waals surface area (Å²) in [5.74, 6) is -0.0647. The van der Waals surface area contributed by atoms with E-state index in [1.54, 1.807) is 24.3 Å². The van der Waals surface area contributed by atoms with Crippen LogP contribution in [0.3, 0.4) is 0 Å². The maximum absolute atomic E-state index is 12.0. The Balaban J connectivity index is 2.98. The maximum Gasteiger partial charge on any atom is 0.160 e. The lowest BCUT2D eigenvalue weighted by Gasteiger charge is -2.14. The number of sulfone groups is 1. The summed E-state index contributed by atoms with van der Waals surface area (Å²) >= 11 is 0. The molecule has 0 N–H and O–H groups in total. The van der Waals surface area contributed by atoms with Gasteiger partial charge in [0.2, 0.25) is 0 Å². The molecule has 0 spiro atoms. The number of nitrogens with zero attached hydrogens (tertiary/aromatic N) is 1. The lowest BCUT2D eigenvalue weighted by molar-refractivity contribution is 0.217. The molecule has 0 saturated carbocycles. The van der Waals surface area contributed by atoms with Gasteiger partial charge >= 0.3 is 0 Å². The van der Waals surface area contributed by atoms with Crippen LogP contribution in [0.25, 0.3) is 0 Å². The first-order valence-corrected chi connectivity index (χ1v) is 6.95. The molecule has 1 atom stereocenters. The summed E-state index contributed by atoms with van der Waals surface area (Å²) in [6.45, 7) is 0.150. The Morgan fingerprint density at radius 2 is 2.00 bits per heavy atom. The molecule has 0 radical (unpaired) electrons. The lowest BCUT2D eigenvalue weighted by Crippen LogP contribution is -2.19. The zero-order valence-corrected chi connectivity index (χ0v) is 10.5. The topological polar surface area (TPSA) is 67.2 Å². The first-order valence-electron chi connectivity index (χ1n) is 5.24. The summed E-state index contributed by atoms with van der Waals surface area (Å²) in [7, 11) is -1.89. The molecule has 92 valence electrons. The Hall–Kier alpha value is -1.38. The van der Waals surface area contributed by atoms with E-state index in [4.69, 9.17) is 10.00 Å². The number of benzene rings is 1. The Bertz CT molecular complexity index is 476. The highest BCUT2D eigenvalue weighted by atomic mass is 32.2. The zero-order chi connectivity index (χ0) is 12.7. The molecule has 0 aliphatic rings. The minimum Gasteiger partial charge on any atom is -0.384 e. The van der Waals surface area contributed by atoms with Crippen molar-refractivity contribution >= 4 is 9.84 Å². The van der Waals surface area contributed by atoms with E-state index in [9.17, 15) is 8.42 Å². The number of hydrogen-bond acceptors (Lipinski definition) is 4. The third-order valence-corrected chi connectivity index (χ3v) is 4.50. The fourth-order valence-electron chi connectivity index (χ4n) is 1.54. The molecule has 0 fully saturated rings. The number of hydrogen-bond donors (Lipinski definition) is 0. The predicted octanol–water partition coefficient (Wildman–Crippen LogP) is 1.70. The van der Waals surface area contributed by atoms with E-state index in [1.807, 2.05) is 12.1 Å². The minimum absolute atomic E-state index is 0.0317. The second kappa shape index (κ2) is 6.38. The fourth-order valence-corrected chi connectivity index (χ4v) is 3.13. The molecule has 1 aromatic carbocycles. The van der Waals surface area contributed by atoms with Gasteiger partial charge in [-0.05, 0) is 5.56 Å². The Kier molecular flexibility index (Phi) is 5.13. The molecule has 0 aromatic heterocycles. The molecule has 1 aromatic rings. The van der Waals surface area contributed by atoms with Crippen molar-refractivity contribution in [1.29, 1.82) is 5.26 Å². The molecule has 17 heavy (non-hydrogen) atoms. The Labute approximate surface area is 102 Å². The van der Waals surface area contributed by atoms with E-state index in [2.05, 4.69) is 0 Å². The van der Waals surface area contributed by atoms with Crippen LogP contribution in [0.4, 0.5) is 0 Å². The van der Waals surface area contributed by atoms with Crippen LogP contribution in [0, 0.1) is 11.3 Å². The van der Waals surface area contributed by atoms with Crippen molar-refractivity contribution in [3.63, 3.8) is 0 Å². The van der Waals surface area contributed by atoms with Crippen LogP contribution >= 0.6 is 0 Å². The van der Waals surface area contributed by atoms with Crippen LogP contribution in [0.15, 0.2) is 30.3 Å². The average Bonchev–Trinajstić information content (AvgIpc) is 2.34. The van der Waals surface area contributed by atoms with Gasteiger partial charge in [0.25, 0.3) is 0 Å². The van der Waals surface area contributed by atoms with E-state index in [0.29, 0.717) is 5.56 Å². The van der Waals surface area contributed by atoms with Crippen LogP contribution < -0.4 is 0 Å². The van der Waals surface area contributed by atoms with Gasteiger partial charge in [-0.1, -0.05) is 30.3 Å². The van der Waals surface area contributed by atoms with E-state index >= 15 is 0 Å². The van der Waals surface area contributed by atoms with Crippen LogP contribution in [-0.2, 0) is 14.6 Å². The lowest BCUT2D eigenvalue weighted by atomic mass is 10.1. The Morgan fingerprint density at radius 3 is 2.53 bits per heavy atom. The number of ether oxygens (including phenoxy) is 1. The zero-order valence-electron chi connectivity index (χ0n) is 9.67. The first-order chi connectivity index (χ1) is 8.11. The molecule has 0 aliphatic carbocycles. The maximum atomic E-state index is 12.0. The molecule has 0 amide bonds. The third kappa shape index (κ3) is 3.84. The minimum atomic E-state index is -3.35. The number of methoxy groups -OCH3 is 1. The van der Waals surface area contributed by atoms with Gasteiger partial charge in [-0.25, -0.2) is 8.42 Å². The second-order valence-electron chi connectivity index (χ2n) is 3.62. The van der Waals surface area contributed by atoms with Gasteiger partial charge in [0, 0.05) is 7.11 Å². The Morgan fingerprint density at radius 1 is 1.35 bits per heavy atom. The molecule has 0 saturated heterocycles. The van der Waals surface area contributed by atoms with Gasteiger partial charge in [-0.15, -0.1) is 0 Å². The molecule has 5 heteroatoms. The van der Waals surface area contributed by atoms with Gasteiger partial charge in [0.05, 0.1) is 30.1 Å². The third-order valence-electron chi connectivity index (χ3n) is 2.45. The average molecular weight is 253 g/mol. The smallest absolute Gasteiger partial charge is 0.160 e. The molecular weight excluding hydrogens is 238 g/mol. The van der Waals surface area contributed by atoms with Crippen molar-refractivity contribution in [3.8, 4) is 6.07 Å². The highest BCUT2D eigenvalue weighted by Crippen LogP contribution is 2.26. The van der Waals surface area contributed by atoms with Crippen LogP contribution in [0.1, 0.15) is 17.2 Å². The van der Waals surface area contributed by atoms with Gasteiger partial charge in [-0.3, -0.25) is 0 Å². The van der Waals surface area contributed by atoms with E-state index in [0.717, 1.165) is 0 Å². The van der Waals surface area contributed by atoms with E-state index in [-0.39, 0.29) is 18.8 Å². The largest absolute Gasteiger partial charge is 0.384 e. The van der Waals surface area contributed by atoms with Crippen LogP contribution in [-0.4, -0.2) is 27.9 Å². The van der Waals surface area contributed by atoms with E-state index < -0.39 is 15.1 Å². The van der Waals surface area contributed by atoms with Crippen molar-refractivity contribution in [2.75, 3.05) is 19.5 Å².